The van der Waals surface area contributed by atoms with E-state index in [1.54, 1.807) is 6.92 Å². The van der Waals surface area contributed by atoms with Crippen molar-refractivity contribution in [2.45, 2.75) is 38.6 Å². The molecule has 1 N–H and O–H groups in total. The van der Waals surface area contributed by atoms with Gasteiger partial charge in [-0.3, -0.25) is 4.79 Å². The molecule has 1 aromatic carbocycles. The van der Waals surface area contributed by atoms with E-state index < -0.39 is 0 Å². The van der Waals surface area contributed by atoms with Crippen molar-refractivity contribution in [3.05, 3.63) is 34.9 Å². The molecular formula is C14H19NO. The standard InChI is InChI=1S/C14H19NO/c1-10(16)14(15-2)13-8-7-11-5-3-4-6-12(11)9-13/h7-9,14-15H,3-6H2,1-2H3. The van der Waals surface area contributed by atoms with Gasteiger partial charge < -0.3 is 5.32 Å². The van der Waals surface area contributed by atoms with E-state index in [4.69, 9.17) is 0 Å². The summed E-state index contributed by atoms with van der Waals surface area (Å²) in [5.41, 5.74) is 4.01. The Morgan fingerprint density at radius 2 is 1.94 bits per heavy atom. The summed E-state index contributed by atoms with van der Waals surface area (Å²) in [4.78, 5) is 11.5. The van der Waals surface area contributed by atoms with Gasteiger partial charge in [0.1, 0.15) is 0 Å². The minimum absolute atomic E-state index is 0.146. The van der Waals surface area contributed by atoms with Crippen LogP contribution in [0.3, 0.4) is 0 Å². The fourth-order valence-electron chi connectivity index (χ4n) is 2.54. The Morgan fingerprint density at radius 3 is 2.56 bits per heavy atom. The number of carbonyl (C=O) groups is 1. The molecule has 0 saturated heterocycles. The van der Waals surface area contributed by atoms with Crippen molar-refractivity contribution in [3.63, 3.8) is 0 Å². The van der Waals surface area contributed by atoms with Crippen LogP contribution in [0.25, 0.3) is 0 Å². The number of rotatable bonds is 3. The molecule has 16 heavy (non-hydrogen) atoms. The largest absolute Gasteiger partial charge is 0.307 e. The molecule has 2 nitrogen and oxygen atoms in total. The predicted octanol–water partition coefficient (Wildman–Crippen LogP) is 2.41. The number of benzene rings is 1. The summed E-state index contributed by atoms with van der Waals surface area (Å²) in [7, 11) is 1.84. The van der Waals surface area contributed by atoms with Crippen LogP contribution in [0.1, 0.15) is 42.5 Å². The highest BCUT2D eigenvalue weighted by molar-refractivity contribution is 5.82. The molecule has 0 aromatic heterocycles. The van der Waals surface area contributed by atoms with E-state index in [9.17, 15) is 4.79 Å². The van der Waals surface area contributed by atoms with Crippen LogP contribution in [0.4, 0.5) is 0 Å². The maximum Gasteiger partial charge on any atom is 0.151 e. The van der Waals surface area contributed by atoms with Crippen molar-refractivity contribution in [2.75, 3.05) is 7.05 Å². The number of aryl methyl sites for hydroxylation is 2. The Hall–Kier alpha value is -1.15. The van der Waals surface area contributed by atoms with Gasteiger partial charge in [-0.15, -0.1) is 0 Å². The van der Waals surface area contributed by atoms with Gasteiger partial charge in [0, 0.05) is 0 Å². The molecule has 2 heteroatoms. The third kappa shape index (κ3) is 2.17. The second-order valence-electron chi connectivity index (χ2n) is 4.57. The van der Waals surface area contributed by atoms with E-state index in [0.29, 0.717) is 0 Å². The topological polar surface area (TPSA) is 29.1 Å². The highest BCUT2D eigenvalue weighted by atomic mass is 16.1. The van der Waals surface area contributed by atoms with E-state index in [1.807, 2.05) is 7.05 Å². The number of ketones is 1. The summed E-state index contributed by atoms with van der Waals surface area (Å²) in [5, 5.41) is 3.08. The first-order chi connectivity index (χ1) is 7.72. The highest BCUT2D eigenvalue weighted by Gasteiger charge is 2.16. The number of hydrogen-bond acceptors (Lipinski definition) is 2. The molecule has 1 atom stereocenters. The van der Waals surface area contributed by atoms with Gasteiger partial charge >= 0.3 is 0 Å². The molecule has 1 aliphatic carbocycles. The molecule has 0 fully saturated rings. The van der Waals surface area contributed by atoms with Gasteiger partial charge in [-0.25, -0.2) is 0 Å². The van der Waals surface area contributed by atoms with E-state index in [1.165, 1.54) is 30.4 Å². The molecule has 86 valence electrons. The molecule has 0 spiro atoms. The van der Waals surface area contributed by atoms with Crippen LogP contribution in [-0.2, 0) is 17.6 Å². The van der Waals surface area contributed by atoms with Crippen LogP contribution in [-0.4, -0.2) is 12.8 Å². The molecule has 1 unspecified atom stereocenters. The van der Waals surface area contributed by atoms with Gasteiger partial charge in [0.15, 0.2) is 5.78 Å². The Balaban J connectivity index is 2.32. The number of fused-ring (bicyclic) bond motifs is 1. The maximum absolute atomic E-state index is 11.5. The zero-order valence-electron chi connectivity index (χ0n) is 10.0. The fourth-order valence-corrected chi connectivity index (χ4v) is 2.54. The number of carbonyl (C=O) groups excluding carboxylic acids is 1. The minimum atomic E-state index is -0.146. The van der Waals surface area contributed by atoms with Crippen molar-refractivity contribution in [1.82, 2.24) is 5.32 Å². The molecule has 0 aliphatic heterocycles. The fraction of sp³-hybridized carbons (Fsp3) is 0.500. The van der Waals surface area contributed by atoms with Gasteiger partial charge in [0.25, 0.3) is 0 Å². The minimum Gasteiger partial charge on any atom is -0.307 e. The van der Waals surface area contributed by atoms with Crippen LogP contribution in [0.2, 0.25) is 0 Å². The zero-order valence-corrected chi connectivity index (χ0v) is 10.0. The van der Waals surface area contributed by atoms with Crippen LogP contribution >= 0.6 is 0 Å². The Bertz CT molecular complexity index is 398. The molecule has 0 saturated carbocycles. The van der Waals surface area contributed by atoms with E-state index >= 15 is 0 Å². The van der Waals surface area contributed by atoms with E-state index in [-0.39, 0.29) is 11.8 Å². The Morgan fingerprint density at radius 1 is 1.25 bits per heavy atom. The second-order valence-corrected chi connectivity index (χ2v) is 4.57. The lowest BCUT2D eigenvalue weighted by atomic mass is 9.88. The lowest BCUT2D eigenvalue weighted by Crippen LogP contribution is -2.23. The van der Waals surface area contributed by atoms with Crippen LogP contribution in [0, 0.1) is 0 Å². The highest BCUT2D eigenvalue weighted by Crippen LogP contribution is 2.25. The summed E-state index contributed by atoms with van der Waals surface area (Å²) in [5.74, 6) is 0.179. The Kier molecular flexibility index (Phi) is 3.39. The van der Waals surface area contributed by atoms with Crippen molar-refractivity contribution >= 4 is 5.78 Å². The molecule has 1 aromatic rings. The van der Waals surface area contributed by atoms with Gasteiger partial charge in [0.2, 0.25) is 0 Å². The normalized spacial score (nSPS) is 16.6. The zero-order chi connectivity index (χ0) is 11.5. The van der Waals surface area contributed by atoms with E-state index in [2.05, 4.69) is 23.5 Å². The van der Waals surface area contributed by atoms with Crippen molar-refractivity contribution in [3.8, 4) is 0 Å². The van der Waals surface area contributed by atoms with Crippen molar-refractivity contribution in [1.29, 1.82) is 0 Å². The number of hydrogen-bond donors (Lipinski definition) is 1. The van der Waals surface area contributed by atoms with Crippen molar-refractivity contribution in [2.24, 2.45) is 0 Å². The quantitative estimate of drug-likeness (QED) is 0.842. The van der Waals surface area contributed by atoms with Crippen LogP contribution < -0.4 is 5.32 Å². The van der Waals surface area contributed by atoms with Gasteiger partial charge in [-0.05, 0) is 56.3 Å². The van der Waals surface area contributed by atoms with E-state index in [0.717, 1.165) is 12.0 Å². The molecule has 0 heterocycles. The van der Waals surface area contributed by atoms with Gasteiger partial charge in [0.05, 0.1) is 6.04 Å². The Labute approximate surface area is 97.1 Å². The SMILES string of the molecule is CNC(C(C)=O)c1ccc2c(c1)CCCC2. The van der Waals surface area contributed by atoms with Gasteiger partial charge in [-0.1, -0.05) is 18.2 Å². The first kappa shape index (κ1) is 11.3. The number of Topliss-reactive ketones (excluding diaryl/α,β-unsaturated/α-hetero) is 1. The number of likely N-dealkylation sites (N-methyl/N-ethyl adjacent to an activating group) is 1. The molecule has 1 aliphatic rings. The summed E-state index contributed by atoms with van der Waals surface area (Å²) in [6.07, 6.45) is 4.94. The predicted molar refractivity (Wildman–Crippen MR) is 65.6 cm³/mol. The summed E-state index contributed by atoms with van der Waals surface area (Å²) in [6, 6.07) is 6.34. The lowest BCUT2D eigenvalue weighted by Gasteiger charge is -2.19. The third-order valence-electron chi connectivity index (χ3n) is 3.40. The van der Waals surface area contributed by atoms with Crippen LogP contribution in [0.5, 0.6) is 0 Å². The summed E-state index contributed by atoms with van der Waals surface area (Å²) < 4.78 is 0. The van der Waals surface area contributed by atoms with Gasteiger partial charge in [-0.2, -0.15) is 0 Å². The third-order valence-corrected chi connectivity index (χ3v) is 3.40. The maximum atomic E-state index is 11.5. The molecule has 0 amide bonds. The molecule has 0 bridgehead atoms. The first-order valence-electron chi connectivity index (χ1n) is 6.02. The number of nitrogens with one attached hydrogen (secondary N) is 1. The first-order valence-corrected chi connectivity index (χ1v) is 6.02. The smallest absolute Gasteiger partial charge is 0.151 e. The average Bonchev–Trinajstić information content (AvgIpc) is 2.29. The molecular weight excluding hydrogens is 198 g/mol. The monoisotopic (exact) mass is 217 g/mol. The average molecular weight is 217 g/mol. The summed E-state index contributed by atoms with van der Waals surface area (Å²) in [6.45, 7) is 1.64. The van der Waals surface area contributed by atoms with Crippen LogP contribution in [0.15, 0.2) is 18.2 Å². The van der Waals surface area contributed by atoms with Crippen molar-refractivity contribution < 1.29 is 4.79 Å². The second kappa shape index (κ2) is 4.79. The molecule has 2 rings (SSSR count). The lowest BCUT2D eigenvalue weighted by molar-refractivity contribution is -0.119. The molecule has 0 radical (unpaired) electrons. The summed E-state index contributed by atoms with van der Waals surface area (Å²) >= 11 is 0.